The Kier molecular flexibility index (Phi) is 3.36. The van der Waals surface area contributed by atoms with Gasteiger partial charge in [0.1, 0.15) is 5.69 Å². The van der Waals surface area contributed by atoms with Crippen molar-refractivity contribution in [1.29, 1.82) is 0 Å². The largest absolute Gasteiger partial charge is 0.399 e. The van der Waals surface area contributed by atoms with Gasteiger partial charge in [-0.1, -0.05) is 30.3 Å². The van der Waals surface area contributed by atoms with Gasteiger partial charge in [-0.25, -0.2) is 0 Å². The van der Waals surface area contributed by atoms with E-state index in [1.807, 2.05) is 61.5 Å². The zero-order valence-electron chi connectivity index (χ0n) is 11.8. The maximum Gasteiger partial charge on any atom is 0.268 e. The third-order valence-electron chi connectivity index (χ3n) is 3.54. The number of nitrogen functional groups attached to an aromatic ring is 1. The van der Waals surface area contributed by atoms with Crippen LogP contribution in [0.5, 0.6) is 0 Å². The van der Waals surface area contributed by atoms with Gasteiger partial charge in [0.15, 0.2) is 0 Å². The maximum absolute atomic E-state index is 12.3. The van der Waals surface area contributed by atoms with Crippen LogP contribution in [0.4, 0.5) is 5.69 Å². The summed E-state index contributed by atoms with van der Waals surface area (Å²) in [4.78, 5) is 15.4. The van der Waals surface area contributed by atoms with Crippen molar-refractivity contribution < 1.29 is 4.79 Å². The Morgan fingerprint density at radius 2 is 1.90 bits per heavy atom. The number of nitrogens with two attached hydrogens (primary N) is 1. The van der Waals surface area contributed by atoms with Gasteiger partial charge in [0, 0.05) is 16.6 Å². The van der Waals surface area contributed by atoms with E-state index in [1.54, 1.807) is 0 Å². The Balaban J connectivity index is 1.80. The van der Waals surface area contributed by atoms with E-state index in [-0.39, 0.29) is 11.9 Å². The van der Waals surface area contributed by atoms with Gasteiger partial charge in [-0.2, -0.15) is 0 Å². The summed E-state index contributed by atoms with van der Waals surface area (Å²) in [6, 6.07) is 17.2. The number of carbonyl (C=O) groups excluding carboxylic acids is 1. The molecule has 3 rings (SSSR count). The van der Waals surface area contributed by atoms with Crippen molar-refractivity contribution >= 4 is 22.5 Å². The van der Waals surface area contributed by atoms with Crippen molar-refractivity contribution in [3.63, 3.8) is 0 Å². The number of nitrogens with one attached hydrogen (secondary N) is 2. The van der Waals surface area contributed by atoms with E-state index in [0.717, 1.165) is 16.5 Å². The Hall–Kier alpha value is -2.75. The van der Waals surface area contributed by atoms with Crippen molar-refractivity contribution in [2.45, 2.75) is 13.0 Å². The minimum atomic E-state index is -0.124. The summed E-state index contributed by atoms with van der Waals surface area (Å²) in [5.41, 5.74) is 8.96. The van der Waals surface area contributed by atoms with Crippen molar-refractivity contribution in [2.24, 2.45) is 0 Å². The molecule has 3 aromatic rings. The molecular weight excluding hydrogens is 262 g/mol. The average Bonchev–Trinajstić information content (AvgIpc) is 2.91. The number of anilines is 1. The summed E-state index contributed by atoms with van der Waals surface area (Å²) in [5.74, 6) is -0.124. The number of H-pyrrole nitrogens is 1. The zero-order chi connectivity index (χ0) is 14.8. The molecule has 1 unspecified atom stereocenters. The Morgan fingerprint density at radius 3 is 2.67 bits per heavy atom. The van der Waals surface area contributed by atoms with Crippen LogP contribution in [-0.2, 0) is 0 Å². The number of rotatable bonds is 3. The van der Waals surface area contributed by atoms with E-state index < -0.39 is 0 Å². The molecular formula is C17H17N3O. The molecule has 4 nitrogen and oxygen atoms in total. The fourth-order valence-electron chi connectivity index (χ4n) is 2.37. The topological polar surface area (TPSA) is 70.9 Å². The Labute approximate surface area is 123 Å². The fraction of sp³-hybridized carbons (Fsp3) is 0.118. The van der Waals surface area contributed by atoms with Crippen LogP contribution in [-0.4, -0.2) is 10.9 Å². The molecule has 0 fully saturated rings. The van der Waals surface area contributed by atoms with E-state index in [9.17, 15) is 4.79 Å². The molecule has 2 aromatic carbocycles. The molecule has 21 heavy (non-hydrogen) atoms. The first-order chi connectivity index (χ1) is 10.1. The highest BCUT2D eigenvalue weighted by atomic mass is 16.1. The van der Waals surface area contributed by atoms with E-state index >= 15 is 0 Å². The van der Waals surface area contributed by atoms with Gasteiger partial charge in [0.2, 0.25) is 0 Å². The van der Waals surface area contributed by atoms with Crippen molar-refractivity contribution in [1.82, 2.24) is 10.3 Å². The number of hydrogen-bond acceptors (Lipinski definition) is 2. The van der Waals surface area contributed by atoms with Crippen LogP contribution in [0.15, 0.2) is 54.6 Å². The third kappa shape index (κ3) is 2.74. The molecule has 1 aromatic heterocycles. The number of hydrogen-bond donors (Lipinski definition) is 3. The number of fused-ring (bicyclic) bond motifs is 1. The highest BCUT2D eigenvalue weighted by Gasteiger charge is 2.13. The lowest BCUT2D eigenvalue weighted by atomic mass is 10.1. The standard InChI is InChI=1S/C17H17N3O/c1-11(12-5-3-2-4-6-12)19-17(21)16-10-13-9-14(18)7-8-15(13)20-16/h2-11,20H,18H2,1H3,(H,19,21). The molecule has 0 aliphatic heterocycles. The number of aromatic nitrogens is 1. The number of benzene rings is 2. The second-order valence-corrected chi connectivity index (χ2v) is 5.14. The van der Waals surface area contributed by atoms with Gasteiger partial charge in [0.05, 0.1) is 6.04 Å². The fourth-order valence-corrected chi connectivity index (χ4v) is 2.37. The molecule has 0 saturated carbocycles. The van der Waals surface area contributed by atoms with Gasteiger partial charge in [-0.05, 0) is 36.8 Å². The van der Waals surface area contributed by atoms with Crippen LogP contribution in [0, 0.1) is 0 Å². The van der Waals surface area contributed by atoms with Gasteiger partial charge >= 0.3 is 0 Å². The summed E-state index contributed by atoms with van der Waals surface area (Å²) >= 11 is 0. The van der Waals surface area contributed by atoms with Crippen LogP contribution in [0.3, 0.4) is 0 Å². The predicted molar refractivity (Wildman–Crippen MR) is 85.0 cm³/mol. The Bertz CT molecular complexity index is 777. The SMILES string of the molecule is CC(NC(=O)c1cc2cc(N)ccc2[nH]1)c1ccccc1. The van der Waals surface area contributed by atoms with Crippen LogP contribution >= 0.6 is 0 Å². The minimum Gasteiger partial charge on any atom is -0.399 e. The summed E-state index contributed by atoms with van der Waals surface area (Å²) < 4.78 is 0. The number of aromatic amines is 1. The van der Waals surface area contributed by atoms with Gasteiger partial charge in [-0.15, -0.1) is 0 Å². The molecule has 0 bridgehead atoms. The highest BCUT2D eigenvalue weighted by molar-refractivity contribution is 5.98. The second-order valence-electron chi connectivity index (χ2n) is 5.14. The number of amides is 1. The van der Waals surface area contributed by atoms with E-state index in [0.29, 0.717) is 11.4 Å². The third-order valence-corrected chi connectivity index (χ3v) is 3.54. The summed E-state index contributed by atoms with van der Waals surface area (Å²) in [6.45, 7) is 1.97. The van der Waals surface area contributed by atoms with Crippen molar-refractivity contribution in [3.8, 4) is 0 Å². The van der Waals surface area contributed by atoms with Gasteiger partial charge < -0.3 is 16.0 Å². The molecule has 106 valence electrons. The van der Waals surface area contributed by atoms with Crippen LogP contribution in [0.2, 0.25) is 0 Å². The zero-order valence-corrected chi connectivity index (χ0v) is 11.8. The van der Waals surface area contributed by atoms with Gasteiger partial charge in [0.25, 0.3) is 5.91 Å². The monoisotopic (exact) mass is 279 g/mol. The summed E-state index contributed by atoms with van der Waals surface area (Å²) in [5, 5.41) is 3.92. The van der Waals surface area contributed by atoms with E-state index in [4.69, 9.17) is 5.73 Å². The molecule has 0 aliphatic carbocycles. The molecule has 0 aliphatic rings. The van der Waals surface area contributed by atoms with Crippen LogP contribution in [0.25, 0.3) is 10.9 Å². The van der Waals surface area contributed by atoms with Gasteiger partial charge in [-0.3, -0.25) is 4.79 Å². The first kappa shape index (κ1) is 13.2. The molecule has 1 atom stereocenters. The van der Waals surface area contributed by atoms with E-state index in [2.05, 4.69) is 10.3 Å². The quantitative estimate of drug-likeness (QED) is 0.644. The molecule has 4 N–H and O–H groups in total. The molecule has 1 heterocycles. The average molecular weight is 279 g/mol. The van der Waals surface area contributed by atoms with Crippen molar-refractivity contribution in [3.05, 3.63) is 65.9 Å². The number of carbonyl (C=O) groups is 1. The lowest BCUT2D eigenvalue weighted by Gasteiger charge is -2.13. The van der Waals surface area contributed by atoms with Crippen LogP contribution in [0.1, 0.15) is 29.0 Å². The van der Waals surface area contributed by atoms with Crippen LogP contribution < -0.4 is 11.1 Å². The molecule has 0 saturated heterocycles. The van der Waals surface area contributed by atoms with E-state index in [1.165, 1.54) is 0 Å². The smallest absolute Gasteiger partial charge is 0.268 e. The molecule has 4 heteroatoms. The normalized spacial score (nSPS) is 12.2. The summed E-state index contributed by atoms with van der Waals surface area (Å²) in [6.07, 6.45) is 0. The minimum absolute atomic E-state index is 0.0461. The molecule has 0 radical (unpaired) electrons. The predicted octanol–water partition coefficient (Wildman–Crippen LogP) is 3.24. The molecule has 1 amide bonds. The highest BCUT2D eigenvalue weighted by Crippen LogP contribution is 2.19. The second kappa shape index (κ2) is 5.32. The Morgan fingerprint density at radius 1 is 1.14 bits per heavy atom. The summed E-state index contributed by atoms with van der Waals surface area (Å²) in [7, 11) is 0. The first-order valence-corrected chi connectivity index (χ1v) is 6.87. The maximum atomic E-state index is 12.3. The van der Waals surface area contributed by atoms with Crippen molar-refractivity contribution in [2.75, 3.05) is 5.73 Å². The first-order valence-electron chi connectivity index (χ1n) is 6.87. The lowest BCUT2D eigenvalue weighted by molar-refractivity contribution is 0.0935. The lowest BCUT2D eigenvalue weighted by Crippen LogP contribution is -2.26. The molecule has 0 spiro atoms.